The monoisotopic (exact) mass is 474 g/mol. The molecule has 2 heterocycles. The predicted octanol–water partition coefficient (Wildman–Crippen LogP) is 3.84. The summed E-state index contributed by atoms with van der Waals surface area (Å²) in [7, 11) is 0. The van der Waals surface area contributed by atoms with Crippen molar-refractivity contribution in [3.05, 3.63) is 65.2 Å². The average molecular weight is 475 g/mol. The lowest BCUT2D eigenvalue weighted by Gasteiger charge is -2.46. The van der Waals surface area contributed by atoms with E-state index in [1.165, 1.54) is 18.1 Å². The molecule has 184 valence electrons. The summed E-state index contributed by atoms with van der Waals surface area (Å²) < 4.78 is 0. The highest BCUT2D eigenvalue weighted by atomic mass is 16.2. The Morgan fingerprint density at radius 1 is 1.00 bits per heavy atom. The number of amides is 3. The third-order valence-corrected chi connectivity index (χ3v) is 7.75. The van der Waals surface area contributed by atoms with Gasteiger partial charge in [-0.15, -0.1) is 0 Å². The summed E-state index contributed by atoms with van der Waals surface area (Å²) in [4.78, 5) is 41.8. The van der Waals surface area contributed by atoms with Gasteiger partial charge in [-0.1, -0.05) is 49.2 Å². The molecule has 2 aliphatic heterocycles. The van der Waals surface area contributed by atoms with E-state index in [0.29, 0.717) is 30.3 Å². The van der Waals surface area contributed by atoms with Gasteiger partial charge in [0.25, 0.3) is 0 Å². The number of rotatable bonds is 5. The second-order valence-corrected chi connectivity index (χ2v) is 10.2. The van der Waals surface area contributed by atoms with Gasteiger partial charge in [0.05, 0.1) is 6.54 Å². The lowest BCUT2D eigenvalue weighted by atomic mass is 9.83. The zero-order valence-corrected chi connectivity index (χ0v) is 20.3. The molecule has 7 nitrogen and oxygen atoms in total. The van der Waals surface area contributed by atoms with Crippen molar-refractivity contribution < 1.29 is 14.4 Å². The Labute approximate surface area is 206 Å². The molecule has 2 aromatic rings. The third-order valence-electron chi connectivity index (χ3n) is 7.75. The summed E-state index contributed by atoms with van der Waals surface area (Å²) in [5.74, 6) is 0.491. The molecule has 3 aliphatic rings. The molecule has 0 bridgehead atoms. The van der Waals surface area contributed by atoms with Gasteiger partial charge in [0, 0.05) is 43.0 Å². The van der Waals surface area contributed by atoms with E-state index in [1.807, 2.05) is 6.07 Å². The SMILES string of the molecule is CC(=O)c1cccc(NC(=O)N[C@@H]2CCCC[C@H]2CN2CC(=O)N3Cc4ccccc4CC3C2)c1. The molecule has 5 rings (SSSR count). The van der Waals surface area contributed by atoms with Crippen LogP contribution in [0.1, 0.15) is 54.1 Å². The van der Waals surface area contributed by atoms with Crippen molar-refractivity contribution in [2.24, 2.45) is 5.92 Å². The summed E-state index contributed by atoms with van der Waals surface area (Å²) in [5, 5.41) is 6.06. The maximum absolute atomic E-state index is 13.0. The van der Waals surface area contributed by atoms with Crippen LogP contribution in [-0.4, -0.2) is 59.2 Å². The van der Waals surface area contributed by atoms with E-state index in [1.54, 1.807) is 24.3 Å². The van der Waals surface area contributed by atoms with Crippen LogP contribution in [0.3, 0.4) is 0 Å². The van der Waals surface area contributed by atoms with Crippen molar-refractivity contribution in [3.63, 3.8) is 0 Å². The molecule has 2 aromatic carbocycles. The van der Waals surface area contributed by atoms with Crippen LogP contribution in [0.4, 0.5) is 10.5 Å². The molecular formula is C28H34N4O3. The second kappa shape index (κ2) is 10.2. The summed E-state index contributed by atoms with van der Waals surface area (Å²) in [6.45, 7) is 4.39. The molecule has 0 spiro atoms. The van der Waals surface area contributed by atoms with Gasteiger partial charge >= 0.3 is 6.03 Å². The molecule has 2 N–H and O–H groups in total. The Bertz CT molecular complexity index is 1120. The quantitative estimate of drug-likeness (QED) is 0.645. The van der Waals surface area contributed by atoms with E-state index in [-0.39, 0.29) is 29.8 Å². The Morgan fingerprint density at radius 2 is 1.80 bits per heavy atom. The van der Waals surface area contributed by atoms with Crippen molar-refractivity contribution in [2.75, 3.05) is 25.0 Å². The van der Waals surface area contributed by atoms with E-state index < -0.39 is 0 Å². The first-order chi connectivity index (χ1) is 17.0. The fourth-order valence-electron chi connectivity index (χ4n) is 5.93. The molecule has 35 heavy (non-hydrogen) atoms. The minimum Gasteiger partial charge on any atom is -0.335 e. The summed E-state index contributed by atoms with van der Waals surface area (Å²) >= 11 is 0. The highest BCUT2D eigenvalue weighted by Gasteiger charge is 2.37. The minimum absolute atomic E-state index is 0.0301. The Hall–Kier alpha value is -3.19. The van der Waals surface area contributed by atoms with Gasteiger partial charge in [-0.3, -0.25) is 14.5 Å². The molecule has 3 atom stereocenters. The summed E-state index contributed by atoms with van der Waals surface area (Å²) in [6.07, 6.45) is 5.14. The van der Waals surface area contributed by atoms with Crippen molar-refractivity contribution in [3.8, 4) is 0 Å². The van der Waals surface area contributed by atoms with Gasteiger partial charge < -0.3 is 15.5 Å². The highest BCUT2D eigenvalue weighted by Crippen LogP contribution is 2.30. The van der Waals surface area contributed by atoms with Crippen molar-refractivity contribution in [2.45, 2.75) is 57.7 Å². The van der Waals surface area contributed by atoms with E-state index in [0.717, 1.165) is 45.2 Å². The van der Waals surface area contributed by atoms with Crippen molar-refractivity contribution in [1.29, 1.82) is 0 Å². The molecule has 1 saturated heterocycles. The van der Waals surface area contributed by atoms with E-state index in [2.05, 4.69) is 38.6 Å². The lowest BCUT2D eigenvalue weighted by Crippen LogP contribution is -2.59. The Morgan fingerprint density at radius 3 is 2.63 bits per heavy atom. The number of hydrogen-bond donors (Lipinski definition) is 2. The first kappa shape index (κ1) is 23.5. The largest absolute Gasteiger partial charge is 0.335 e. The number of hydrogen-bond acceptors (Lipinski definition) is 4. The van der Waals surface area contributed by atoms with Gasteiger partial charge in [0.15, 0.2) is 5.78 Å². The van der Waals surface area contributed by atoms with Crippen LogP contribution in [0.2, 0.25) is 0 Å². The van der Waals surface area contributed by atoms with Crippen LogP contribution in [0.25, 0.3) is 0 Å². The van der Waals surface area contributed by atoms with Crippen LogP contribution in [0.15, 0.2) is 48.5 Å². The molecule has 7 heteroatoms. The number of ketones is 1. The number of anilines is 1. The van der Waals surface area contributed by atoms with Crippen LogP contribution in [0, 0.1) is 5.92 Å². The second-order valence-electron chi connectivity index (χ2n) is 10.2. The number of Topliss-reactive ketones (excluding diaryl/α,β-unsaturated/α-hetero) is 1. The standard InChI is InChI=1S/C28H34N4O3/c1-19(33)20-10-6-11-24(13-20)29-28(35)30-26-12-5-4-9-23(26)15-31-17-25-14-21-7-2-3-8-22(21)16-32(25)27(34)18-31/h2-3,6-8,10-11,13,23,25-26H,4-5,9,12,14-18H2,1H3,(H2,29,30,35)/t23-,25?,26+/m0/s1. The van der Waals surface area contributed by atoms with Gasteiger partial charge in [-0.2, -0.15) is 0 Å². The number of piperazine rings is 1. The number of benzene rings is 2. The number of urea groups is 1. The van der Waals surface area contributed by atoms with E-state index in [4.69, 9.17) is 0 Å². The molecule has 3 amide bonds. The Kier molecular flexibility index (Phi) is 6.86. The summed E-state index contributed by atoms with van der Waals surface area (Å²) in [5.41, 5.74) is 3.81. The number of nitrogens with zero attached hydrogens (tertiary/aromatic N) is 2. The molecular weight excluding hydrogens is 440 g/mol. The van der Waals surface area contributed by atoms with Gasteiger partial charge in [-0.05, 0) is 55.4 Å². The Balaban J connectivity index is 1.20. The number of carbonyl (C=O) groups is 3. The fourth-order valence-corrected chi connectivity index (χ4v) is 5.93. The lowest BCUT2D eigenvalue weighted by molar-refractivity contribution is -0.141. The smallest absolute Gasteiger partial charge is 0.319 e. The molecule has 1 aliphatic carbocycles. The number of nitrogens with one attached hydrogen (secondary N) is 2. The molecule has 1 saturated carbocycles. The van der Waals surface area contributed by atoms with Gasteiger partial charge in [0.2, 0.25) is 5.91 Å². The normalized spacial score (nSPS) is 24.3. The predicted molar refractivity (Wildman–Crippen MR) is 135 cm³/mol. The molecule has 0 radical (unpaired) electrons. The van der Waals surface area contributed by atoms with Crippen LogP contribution in [-0.2, 0) is 17.8 Å². The third kappa shape index (κ3) is 5.40. The highest BCUT2D eigenvalue weighted by molar-refractivity contribution is 5.96. The van der Waals surface area contributed by atoms with Gasteiger partial charge in [0.1, 0.15) is 0 Å². The average Bonchev–Trinajstić information content (AvgIpc) is 2.84. The first-order valence-electron chi connectivity index (χ1n) is 12.7. The van der Waals surface area contributed by atoms with Crippen LogP contribution >= 0.6 is 0 Å². The van der Waals surface area contributed by atoms with Crippen LogP contribution in [0.5, 0.6) is 0 Å². The minimum atomic E-state index is -0.243. The van der Waals surface area contributed by atoms with Crippen molar-refractivity contribution in [1.82, 2.24) is 15.1 Å². The zero-order chi connectivity index (χ0) is 24.4. The topological polar surface area (TPSA) is 81.8 Å². The van der Waals surface area contributed by atoms with Gasteiger partial charge in [-0.25, -0.2) is 4.79 Å². The summed E-state index contributed by atoms with van der Waals surface area (Å²) in [6, 6.07) is 15.5. The fraction of sp³-hybridized carbons (Fsp3) is 0.464. The zero-order valence-electron chi connectivity index (χ0n) is 20.3. The maximum atomic E-state index is 13.0. The molecule has 1 unspecified atom stereocenters. The first-order valence-corrected chi connectivity index (χ1v) is 12.7. The van der Waals surface area contributed by atoms with E-state index in [9.17, 15) is 14.4 Å². The molecule has 2 fully saturated rings. The number of fused-ring (bicyclic) bond motifs is 2. The van der Waals surface area contributed by atoms with E-state index >= 15 is 0 Å². The molecule has 0 aromatic heterocycles. The maximum Gasteiger partial charge on any atom is 0.319 e. The van der Waals surface area contributed by atoms with Crippen molar-refractivity contribution >= 4 is 23.4 Å². The van der Waals surface area contributed by atoms with Crippen LogP contribution < -0.4 is 10.6 Å². The number of carbonyl (C=O) groups excluding carboxylic acids is 3.